The minimum absolute atomic E-state index is 0.208. The third-order valence-corrected chi connectivity index (χ3v) is 3.14. The van der Waals surface area contributed by atoms with E-state index >= 15 is 0 Å². The third-order valence-electron chi connectivity index (χ3n) is 3.14. The van der Waals surface area contributed by atoms with Gasteiger partial charge in [0.25, 0.3) is 0 Å². The smallest absolute Gasteiger partial charge is 0.209 e. The van der Waals surface area contributed by atoms with Crippen LogP contribution in [0.1, 0.15) is 39.5 Å². The minimum atomic E-state index is 0.208. The van der Waals surface area contributed by atoms with Gasteiger partial charge < -0.3 is 4.90 Å². The number of aliphatic imine (C=N–C) groups is 1. The van der Waals surface area contributed by atoms with Gasteiger partial charge in [-0.3, -0.25) is 5.43 Å². The van der Waals surface area contributed by atoms with Crippen molar-refractivity contribution in [3.8, 4) is 0 Å². The van der Waals surface area contributed by atoms with E-state index in [0.29, 0.717) is 6.04 Å². The fraction of sp³-hybridized carbons (Fsp3) is 0.900. The number of nitrogens with zero attached hydrogens (tertiary/aromatic N) is 2. The molecule has 0 spiro atoms. The second-order valence-electron chi connectivity index (χ2n) is 4.90. The largest absolute Gasteiger partial charge is 0.337 e. The van der Waals surface area contributed by atoms with Gasteiger partial charge in [0.1, 0.15) is 0 Å². The van der Waals surface area contributed by atoms with Crippen molar-refractivity contribution in [2.45, 2.75) is 51.1 Å². The van der Waals surface area contributed by atoms with Crippen molar-refractivity contribution in [3.05, 3.63) is 0 Å². The van der Waals surface area contributed by atoms with Crippen LogP contribution >= 0.6 is 0 Å². The predicted molar refractivity (Wildman–Crippen MR) is 57.8 cm³/mol. The van der Waals surface area contributed by atoms with E-state index in [2.05, 4.69) is 29.2 Å². The third kappa shape index (κ3) is 1.85. The van der Waals surface area contributed by atoms with Crippen molar-refractivity contribution >= 4 is 5.96 Å². The maximum Gasteiger partial charge on any atom is 0.209 e. The number of hydrogen-bond donors (Lipinski definition) is 2. The van der Waals surface area contributed by atoms with Gasteiger partial charge in [-0.25, -0.2) is 10.8 Å². The van der Waals surface area contributed by atoms with E-state index in [1.807, 2.05) is 0 Å². The van der Waals surface area contributed by atoms with Gasteiger partial charge in [-0.05, 0) is 39.5 Å². The Kier molecular flexibility index (Phi) is 2.39. The zero-order valence-electron chi connectivity index (χ0n) is 9.08. The summed E-state index contributed by atoms with van der Waals surface area (Å²) < 4.78 is 0. The molecule has 2 aliphatic rings. The second kappa shape index (κ2) is 3.42. The average molecular weight is 196 g/mol. The lowest BCUT2D eigenvalue weighted by Crippen LogP contribution is -2.51. The molecule has 4 heteroatoms. The molecule has 2 fully saturated rings. The standard InChI is InChI=1S/C10H20N4/c1-10(2)6-3-7-14(10)9(13-11)12-8-4-5-8/h8H,3-7,11H2,1-2H3,(H,12,13). The average Bonchev–Trinajstić information content (AvgIpc) is 2.87. The molecule has 80 valence electrons. The monoisotopic (exact) mass is 196 g/mol. The van der Waals surface area contributed by atoms with E-state index in [1.165, 1.54) is 25.7 Å². The first kappa shape index (κ1) is 9.77. The van der Waals surface area contributed by atoms with Crippen LogP contribution in [0.25, 0.3) is 0 Å². The van der Waals surface area contributed by atoms with E-state index in [4.69, 9.17) is 5.84 Å². The molecule has 0 unspecified atom stereocenters. The van der Waals surface area contributed by atoms with Gasteiger partial charge in [0, 0.05) is 12.1 Å². The summed E-state index contributed by atoms with van der Waals surface area (Å²) in [5.41, 5.74) is 2.96. The molecule has 0 bridgehead atoms. The number of hydrogen-bond acceptors (Lipinski definition) is 2. The van der Waals surface area contributed by atoms with Crippen molar-refractivity contribution in [1.29, 1.82) is 0 Å². The summed E-state index contributed by atoms with van der Waals surface area (Å²) in [5.74, 6) is 6.41. The molecular weight excluding hydrogens is 176 g/mol. The topological polar surface area (TPSA) is 53.6 Å². The first-order valence-electron chi connectivity index (χ1n) is 5.45. The van der Waals surface area contributed by atoms with E-state index in [0.717, 1.165) is 12.5 Å². The van der Waals surface area contributed by atoms with Crippen LogP contribution in [-0.2, 0) is 0 Å². The first-order valence-corrected chi connectivity index (χ1v) is 5.45. The van der Waals surface area contributed by atoms with Crippen LogP contribution in [0.5, 0.6) is 0 Å². The van der Waals surface area contributed by atoms with Gasteiger partial charge in [-0.15, -0.1) is 0 Å². The highest BCUT2D eigenvalue weighted by molar-refractivity contribution is 5.80. The molecule has 0 amide bonds. The molecule has 4 nitrogen and oxygen atoms in total. The Bertz CT molecular complexity index is 243. The summed E-state index contributed by atoms with van der Waals surface area (Å²) in [4.78, 5) is 6.89. The molecule has 14 heavy (non-hydrogen) atoms. The molecule has 3 N–H and O–H groups in total. The highest BCUT2D eigenvalue weighted by atomic mass is 15.4. The van der Waals surface area contributed by atoms with Gasteiger partial charge in [0.05, 0.1) is 6.04 Å². The van der Waals surface area contributed by atoms with Crippen LogP contribution < -0.4 is 11.3 Å². The van der Waals surface area contributed by atoms with Gasteiger partial charge in [0.2, 0.25) is 5.96 Å². The Morgan fingerprint density at radius 2 is 2.21 bits per heavy atom. The summed E-state index contributed by atoms with van der Waals surface area (Å²) in [6.07, 6.45) is 4.90. The molecule has 0 aromatic heterocycles. The van der Waals surface area contributed by atoms with Crippen molar-refractivity contribution in [2.75, 3.05) is 6.54 Å². The summed E-state index contributed by atoms with van der Waals surface area (Å²) in [6.45, 7) is 5.57. The molecule has 1 heterocycles. The molecule has 0 aromatic carbocycles. The SMILES string of the molecule is CC1(C)CCCN1C(=NC1CC1)NN. The molecule has 1 aliphatic heterocycles. The maximum atomic E-state index is 5.53. The number of rotatable bonds is 1. The highest BCUT2D eigenvalue weighted by Gasteiger charge is 2.35. The summed E-state index contributed by atoms with van der Waals surface area (Å²) in [7, 11) is 0. The molecule has 1 saturated heterocycles. The molecular formula is C10H20N4. The number of guanidine groups is 1. The lowest BCUT2D eigenvalue weighted by molar-refractivity contribution is 0.272. The molecule has 0 radical (unpaired) electrons. The van der Waals surface area contributed by atoms with E-state index in [1.54, 1.807) is 0 Å². The Morgan fingerprint density at radius 3 is 2.64 bits per heavy atom. The number of nitrogens with two attached hydrogens (primary N) is 1. The Balaban J connectivity index is 2.10. The zero-order chi connectivity index (χ0) is 10.2. The van der Waals surface area contributed by atoms with Gasteiger partial charge in [-0.2, -0.15) is 0 Å². The van der Waals surface area contributed by atoms with E-state index < -0.39 is 0 Å². The lowest BCUT2D eigenvalue weighted by Gasteiger charge is -2.33. The van der Waals surface area contributed by atoms with Crippen LogP contribution in [0, 0.1) is 0 Å². The van der Waals surface area contributed by atoms with Crippen molar-refractivity contribution in [2.24, 2.45) is 10.8 Å². The summed E-state index contributed by atoms with van der Waals surface area (Å²) in [5, 5.41) is 0. The number of hydrazine groups is 1. The zero-order valence-corrected chi connectivity index (χ0v) is 9.08. The fourth-order valence-corrected chi connectivity index (χ4v) is 2.06. The lowest BCUT2D eigenvalue weighted by atomic mass is 10.0. The van der Waals surface area contributed by atoms with Crippen LogP contribution in [0.2, 0.25) is 0 Å². The fourth-order valence-electron chi connectivity index (χ4n) is 2.06. The van der Waals surface area contributed by atoms with E-state index in [9.17, 15) is 0 Å². The van der Waals surface area contributed by atoms with Crippen LogP contribution in [0.3, 0.4) is 0 Å². The molecule has 0 atom stereocenters. The predicted octanol–water partition coefficient (Wildman–Crippen LogP) is 0.843. The van der Waals surface area contributed by atoms with Gasteiger partial charge in [-0.1, -0.05) is 0 Å². The Labute approximate surface area is 85.5 Å². The van der Waals surface area contributed by atoms with Crippen LogP contribution in [0.15, 0.2) is 4.99 Å². The molecule has 2 rings (SSSR count). The van der Waals surface area contributed by atoms with Crippen molar-refractivity contribution in [3.63, 3.8) is 0 Å². The van der Waals surface area contributed by atoms with Gasteiger partial charge >= 0.3 is 0 Å². The quantitative estimate of drug-likeness (QED) is 0.283. The van der Waals surface area contributed by atoms with Crippen LogP contribution in [-0.4, -0.2) is 29.0 Å². The van der Waals surface area contributed by atoms with E-state index in [-0.39, 0.29) is 5.54 Å². The summed E-state index contributed by atoms with van der Waals surface area (Å²) in [6, 6.07) is 0.525. The molecule has 1 saturated carbocycles. The van der Waals surface area contributed by atoms with Crippen LogP contribution in [0.4, 0.5) is 0 Å². The molecule has 1 aliphatic carbocycles. The van der Waals surface area contributed by atoms with Crippen molar-refractivity contribution in [1.82, 2.24) is 10.3 Å². The Morgan fingerprint density at radius 1 is 1.50 bits per heavy atom. The minimum Gasteiger partial charge on any atom is -0.337 e. The molecule has 0 aromatic rings. The first-order chi connectivity index (χ1) is 6.63. The second-order valence-corrected chi connectivity index (χ2v) is 4.90. The summed E-state index contributed by atoms with van der Waals surface area (Å²) >= 11 is 0. The number of likely N-dealkylation sites (tertiary alicyclic amines) is 1. The highest BCUT2D eigenvalue weighted by Crippen LogP contribution is 2.30. The number of nitrogens with one attached hydrogen (secondary N) is 1. The van der Waals surface area contributed by atoms with Gasteiger partial charge in [0.15, 0.2) is 0 Å². The maximum absolute atomic E-state index is 5.53. The Hall–Kier alpha value is -0.770. The normalized spacial score (nSPS) is 26.8. The van der Waals surface area contributed by atoms with Crippen molar-refractivity contribution < 1.29 is 0 Å².